The number of nitrogens with zero attached hydrogens (tertiary/aromatic N) is 14. The van der Waals surface area contributed by atoms with Crippen LogP contribution in [0.3, 0.4) is 0 Å². The topological polar surface area (TPSA) is 240 Å². The van der Waals surface area contributed by atoms with Crippen LogP contribution in [0.2, 0.25) is 0 Å². The summed E-state index contributed by atoms with van der Waals surface area (Å²) in [4.78, 5) is 116. The zero-order valence-electron chi connectivity index (χ0n) is 58.8. The van der Waals surface area contributed by atoms with Gasteiger partial charge in [0.25, 0.3) is 0 Å². The normalized spacial score (nSPS) is 25.8. The van der Waals surface area contributed by atoms with Gasteiger partial charge in [-0.25, -0.2) is 29.9 Å². The van der Waals surface area contributed by atoms with Gasteiger partial charge in [-0.1, -0.05) is 79.1 Å². The van der Waals surface area contributed by atoms with Crippen molar-refractivity contribution in [1.29, 1.82) is 0 Å². The van der Waals surface area contributed by atoms with Gasteiger partial charge in [0.2, 0.25) is 0 Å². The molecule has 8 bridgehead atoms. The Hall–Kier alpha value is -7.40. The predicted molar refractivity (Wildman–Crippen MR) is 362 cm³/mol. The minimum atomic E-state index is -0.613. The number of aromatic nitrogens is 8. The van der Waals surface area contributed by atoms with E-state index in [1.54, 1.807) is 0 Å². The molecule has 0 spiro atoms. The highest BCUT2D eigenvalue weighted by atomic mass is 16.5. The molecule has 6 aliphatic rings. The van der Waals surface area contributed by atoms with Crippen LogP contribution in [0, 0.1) is 23.7 Å². The molecule has 9 rings (SSSR count). The van der Waals surface area contributed by atoms with E-state index in [1.807, 2.05) is 97.9 Å². The van der Waals surface area contributed by atoms with E-state index in [-0.39, 0.29) is 23.9 Å². The molecule has 0 saturated carbocycles. The summed E-state index contributed by atoms with van der Waals surface area (Å²) in [5, 5.41) is 0. The Morgan fingerprint density at radius 2 is 0.500 bits per heavy atom. The van der Waals surface area contributed by atoms with Crippen molar-refractivity contribution in [1.82, 2.24) is 59.5 Å². The van der Waals surface area contributed by atoms with Crippen LogP contribution in [0.4, 0.5) is 22.7 Å². The fraction of sp³-hybridized carbons (Fsp3) is 0.706. The van der Waals surface area contributed by atoms with E-state index in [4.69, 9.17) is 48.9 Å². The Bertz CT molecular complexity index is 3220. The fourth-order valence-corrected chi connectivity index (χ4v) is 14.7. The third-order valence-corrected chi connectivity index (χ3v) is 21.3. The number of carbonyl (C=O) groups is 4. The largest absolute Gasteiger partial charge is 0.465 e. The van der Waals surface area contributed by atoms with Gasteiger partial charge in [0.15, 0.2) is 45.9 Å². The molecule has 92 heavy (non-hydrogen) atoms. The molecule has 9 heterocycles. The summed E-state index contributed by atoms with van der Waals surface area (Å²) in [5.74, 6) is -2.36. The number of ether oxygens (including phenoxy) is 4. The van der Waals surface area contributed by atoms with Crippen molar-refractivity contribution in [2.45, 2.75) is 208 Å². The highest BCUT2D eigenvalue weighted by molar-refractivity contribution is 6.01. The Balaban J connectivity index is 1.39. The van der Waals surface area contributed by atoms with Crippen molar-refractivity contribution in [2.75, 3.05) is 102 Å². The van der Waals surface area contributed by atoms with Gasteiger partial charge >= 0.3 is 23.9 Å². The van der Waals surface area contributed by atoms with Crippen molar-refractivity contribution in [3.8, 4) is 0 Å². The SMILES string of the molecule is CCCCCOC(=O)C1C(C)N(C)C2=C(c3nc2nc2nc(nc4[nH]c(nc5[nH]c(n3)c3c5N(C)C(C)C(C(=O)OCCCCC)C(C)N3C)c3c4N(C)C(C)C(C(=O)OCCCCC)C(C)N3C)C3=C2N(C)C(C)C(C(=O)OCCCCC)C(C)N3C)N(C)C1C. The van der Waals surface area contributed by atoms with Gasteiger partial charge in [0, 0.05) is 105 Å². The van der Waals surface area contributed by atoms with Gasteiger partial charge in [-0.3, -0.25) is 19.2 Å². The molecule has 0 saturated heterocycles. The highest BCUT2D eigenvalue weighted by Gasteiger charge is 2.50. The summed E-state index contributed by atoms with van der Waals surface area (Å²) in [7, 11) is 15.8. The summed E-state index contributed by atoms with van der Waals surface area (Å²) < 4.78 is 24.4. The molecule has 0 fully saturated rings. The first-order valence-electron chi connectivity index (χ1n) is 34.2. The van der Waals surface area contributed by atoms with Crippen LogP contribution in [0.25, 0.3) is 45.4 Å². The fourth-order valence-electron chi connectivity index (χ4n) is 14.7. The lowest BCUT2D eigenvalue weighted by atomic mass is 9.92. The number of hydrogen-bond donors (Lipinski definition) is 2. The maximum absolute atomic E-state index is 14.6. The van der Waals surface area contributed by atoms with Gasteiger partial charge in [0.05, 0.1) is 50.1 Å². The first-order chi connectivity index (χ1) is 43.9. The average molecular weight is 1280 g/mol. The Morgan fingerprint density at radius 1 is 0.304 bits per heavy atom. The van der Waals surface area contributed by atoms with Crippen molar-refractivity contribution < 1.29 is 38.1 Å². The molecule has 12 atom stereocenters. The number of rotatable bonds is 20. The van der Waals surface area contributed by atoms with Crippen LogP contribution in [-0.2, 0) is 38.1 Å². The van der Waals surface area contributed by atoms with Gasteiger partial charge in [-0.05, 0) is 81.1 Å². The highest BCUT2D eigenvalue weighted by Crippen LogP contribution is 2.49. The van der Waals surface area contributed by atoms with Crippen molar-refractivity contribution in [3.05, 3.63) is 23.3 Å². The first-order valence-corrected chi connectivity index (χ1v) is 34.2. The zero-order valence-corrected chi connectivity index (χ0v) is 58.8. The van der Waals surface area contributed by atoms with E-state index in [9.17, 15) is 19.2 Å². The Labute approximate surface area is 545 Å². The summed E-state index contributed by atoms with van der Waals surface area (Å²) >= 11 is 0. The number of esters is 4. The maximum atomic E-state index is 14.6. The van der Waals surface area contributed by atoms with Crippen molar-refractivity contribution in [2.24, 2.45) is 23.7 Å². The van der Waals surface area contributed by atoms with Gasteiger partial charge in [-0.15, -0.1) is 0 Å². The molecule has 0 amide bonds. The van der Waals surface area contributed by atoms with Crippen LogP contribution >= 0.6 is 0 Å². The molecule has 3 aromatic heterocycles. The molecule has 24 heteroatoms. The lowest BCUT2D eigenvalue weighted by Gasteiger charge is -2.35. The lowest BCUT2D eigenvalue weighted by Crippen LogP contribution is -2.48. The number of unbranched alkanes of at least 4 members (excludes halogenated alkanes) is 8. The van der Waals surface area contributed by atoms with E-state index in [2.05, 4.69) is 90.7 Å². The van der Waals surface area contributed by atoms with Gasteiger partial charge in [0.1, 0.15) is 45.5 Å². The Morgan fingerprint density at radius 3 is 0.717 bits per heavy atom. The molecule has 3 aromatic rings. The molecule has 506 valence electrons. The number of aromatic amines is 2. The second-order valence-corrected chi connectivity index (χ2v) is 26.8. The van der Waals surface area contributed by atoms with Crippen LogP contribution in [0.1, 0.15) is 183 Å². The lowest BCUT2D eigenvalue weighted by molar-refractivity contribution is -0.153. The number of anilines is 4. The third-order valence-electron chi connectivity index (χ3n) is 21.3. The molecule has 0 radical (unpaired) electrons. The molecule has 6 aliphatic heterocycles. The Kier molecular flexibility index (Phi) is 21.6. The number of carbonyl (C=O) groups excluding carboxylic acids is 4. The number of nitrogens with one attached hydrogen (secondary N) is 2. The molecule has 2 N–H and O–H groups in total. The van der Waals surface area contributed by atoms with Crippen LogP contribution in [-0.4, -0.2) is 214 Å². The smallest absolute Gasteiger partial charge is 0.313 e. The zero-order chi connectivity index (χ0) is 66.9. The number of H-pyrrole nitrogens is 2. The van der Waals surface area contributed by atoms with E-state index in [0.717, 1.165) is 77.0 Å². The summed E-state index contributed by atoms with van der Waals surface area (Å²) in [6.45, 7) is 26.2. The minimum absolute atomic E-state index is 0.284. The second kappa shape index (κ2) is 28.9. The predicted octanol–water partition coefficient (Wildman–Crippen LogP) is 9.58. The van der Waals surface area contributed by atoms with E-state index < -0.39 is 72.0 Å². The van der Waals surface area contributed by atoms with Crippen LogP contribution in [0.5, 0.6) is 0 Å². The van der Waals surface area contributed by atoms with Crippen molar-refractivity contribution in [3.63, 3.8) is 0 Å². The maximum Gasteiger partial charge on any atom is 0.313 e. The molecule has 12 unspecified atom stereocenters. The van der Waals surface area contributed by atoms with Crippen molar-refractivity contribution >= 4 is 92.0 Å². The standard InChI is InChI=1S/C68H106N16O8/c1-21-25-29-33-89-65(85)45-37(5)77(13)49-50(78(14)38(45)6)58-69-57(49)73-59-51-53(81(17)41(9)46(39(7)79(51)15)66(86)90-34-30-26-22-2)61(70-59)75-63-55-56(84(20)44(12)48(43(11)83(55)19)68(88)92-36-32-28-24-4)64(72-63)76-62-54-52(60(71-62)74-58)80(16)40(8)47(42(10)82(54)18)67(87)91-35-31-27-23-3/h37-48H,21-36H2,1-20H3,(H2,69,70,71,72,73,74,75,76). The summed E-state index contributed by atoms with van der Waals surface area (Å²) in [6.07, 6.45) is 10.8. The quantitative estimate of drug-likeness (QED) is 0.0608. The van der Waals surface area contributed by atoms with Crippen LogP contribution in [0.15, 0.2) is 0 Å². The molecule has 0 aliphatic carbocycles. The average Bonchev–Trinajstić information content (AvgIpc) is 1.59. The third kappa shape index (κ3) is 12.6. The van der Waals surface area contributed by atoms with E-state index in [1.165, 1.54) is 0 Å². The first kappa shape index (κ1) is 69.0. The van der Waals surface area contributed by atoms with Gasteiger partial charge < -0.3 is 68.1 Å². The van der Waals surface area contributed by atoms with E-state index in [0.29, 0.717) is 118 Å². The molecule has 24 nitrogen and oxygen atoms in total. The second-order valence-electron chi connectivity index (χ2n) is 26.8. The van der Waals surface area contributed by atoms with Crippen LogP contribution < -0.4 is 19.6 Å². The summed E-state index contributed by atoms with van der Waals surface area (Å²) in [6, 6.07) is -3.30. The van der Waals surface area contributed by atoms with E-state index >= 15 is 0 Å². The minimum Gasteiger partial charge on any atom is -0.465 e. The summed E-state index contributed by atoms with van der Waals surface area (Å²) in [5.41, 5.74) is 6.89. The number of hydrogen-bond acceptors (Lipinski definition) is 22. The van der Waals surface area contributed by atoms with Gasteiger partial charge in [-0.2, -0.15) is 0 Å². The molecule has 0 aromatic carbocycles. The molecular formula is C68H106N16O8. The molecular weight excluding hydrogens is 1170 g/mol. The monoisotopic (exact) mass is 1270 g/mol. The number of fused-ring (bicyclic) bond motifs is 18.